The number of benzene rings is 2. The van der Waals surface area contributed by atoms with Gasteiger partial charge >= 0.3 is 5.63 Å². The Kier molecular flexibility index (Phi) is 6.20. The van der Waals surface area contributed by atoms with Crippen molar-refractivity contribution in [3.63, 3.8) is 0 Å². The molecule has 0 spiro atoms. The highest BCUT2D eigenvalue weighted by Crippen LogP contribution is 2.24. The van der Waals surface area contributed by atoms with Crippen LogP contribution in [0.4, 0.5) is 0 Å². The first-order valence-corrected chi connectivity index (χ1v) is 9.93. The van der Waals surface area contributed by atoms with Crippen molar-refractivity contribution in [2.24, 2.45) is 5.92 Å². The minimum absolute atomic E-state index is 0.321. The SMILES string of the molecule is COc1ccc2c(C[NH2+][C@H](c3ccc(C(C)C)cc3)C(C)C)cc(=O)oc2c1. The molecule has 3 rings (SSSR count). The van der Waals surface area contributed by atoms with Crippen LogP contribution in [-0.2, 0) is 6.54 Å². The van der Waals surface area contributed by atoms with Crippen molar-refractivity contribution in [3.8, 4) is 5.75 Å². The molecule has 0 bridgehead atoms. The van der Waals surface area contributed by atoms with Crippen LogP contribution < -0.4 is 15.7 Å². The lowest BCUT2D eigenvalue weighted by Gasteiger charge is -2.20. The van der Waals surface area contributed by atoms with Crippen molar-refractivity contribution in [2.75, 3.05) is 7.11 Å². The van der Waals surface area contributed by atoms with Gasteiger partial charge in [0, 0.05) is 34.6 Å². The van der Waals surface area contributed by atoms with Crippen LogP contribution in [0, 0.1) is 5.92 Å². The number of hydrogen-bond donors (Lipinski definition) is 1. The van der Waals surface area contributed by atoms with E-state index in [0.717, 1.165) is 10.9 Å². The standard InChI is InChI=1S/C24H29NO3/c1-15(2)17-6-8-18(9-7-17)24(16(3)4)25-14-19-12-23(26)28-22-13-20(27-5)10-11-21(19)22/h6-13,15-16,24-25H,14H2,1-5H3/p+1/t24-/m0/s1. The number of rotatable bonds is 7. The van der Waals surface area contributed by atoms with E-state index in [0.29, 0.717) is 35.8 Å². The van der Waals surface area contributed by atoms with E-state index in [4.69, 9.17) is 9.15 Å². The second-order valence-electron chi connectivity index (χ2n) is 7.98. The summed E-state index contributed by atoms with van der Waals surface area (Å²) in [6.07, 6.45) is 0. The summed E-state index contributed by atoms with van der Waals surface area (Å²) in [5, 5.41) is 3.27. The summed E-state index contributed by atoms with van der Waals surface area (Å²) in [7, 11) is 1.61. The van der Waals surface area contributed by atoms with Gasteiger partial charge in [0.25, 0.3) is 0 Å². The lowest BCUT2D eigenvalue weighted by Crippen LogP contribution is -2.84. The van der Waals surface area contributed by atoms with Gasteiger partial charge in [-0.3, -0.25) is 0 Å². The molecule has 2 aromatic carbocycles. The lowest BCUT2D eigenvalue weighted by molar-refractivity contribution is -0.717. The van der Waals surface area contributed by atoms with Crippen LogP contribution in [0.1, 0.15) is 56.3 Å². The summed E-state index contributed by atoms with van der Waals surface area (Å²) < 4.78 is 10.6. The molecular weight excluding hydrogens is 350 g/mol. The van der Waals surface area contributed by atoms with E-state index in [-0.39, 0.29) is 5.63 Å². The predicted octanol–water partition coefficient (Wildman–Crippen LogP) is 4.39. The van der Waals surface area contributed by atoms with Crippen molar-refractivity contribution in [1.82, 2.24) is 0 Å². The molecule has 3 aromatic rings. The van der Waals surface area contributed by atoms with E-state index in [1.54, 1.807) is 19.2 Å². The van der Waals surface area contributed by atoms with E-state index >= 15 is 0 Å². The number of nitrogens with two attached hydrogens (primary N) is 1. The molecule has 0 saturated carbocycles. The Bertz CT molecular complexity index is 987. The van der Waals surface area contributed by atoms with E-state index in [2.05, 4.69) is 57.3 Å². The van der Waals surface area contributed by atoms with Gasteiger partial charge in [-0.05, 0) is 23.6 Å². The number of hydrogen-bond acceptors (Lipinski definition) is 3. The summed E-state index contributed by atoms with van der Waals surface area (Å²) in [5.41, 5.74) is 3.89. The summed E-state index contributed by atoms with van der Waals surface area (Å²) >= 11 is 0. The predicted molar refractivity (Wildman–Crippen MR) is 113 cm³/mol. The van der Waals surface area contributed by atoms with Gasteiger partial charge in [-0.2, -0.15) is 0 Å². The lowest BCUT2D eigenvalue weighted by atomic mass is 9.93. The zero-order valence-electron chi connectivity index (χ0n) is 17.4. The molecule has 0 saturated heterocycles. The molecule has 4 heteroatoms. The van der Waals surface area contributed by atoms with Crippen LogP contribution in [0.5, 0.6) is 5.75 Å². The number of methoxy groups -OCH3 is 1. The second kappa shape index (κ2) is 8.61. The molecule has 1 aromatic heterocycles. The largest absolute Gasteiger partial charge is 0.497 e. The van der Waals surface area contributed by atoms with Gasteiger partial charge in [-0.15, -0.1) is 0 Å². The van der Waals surface area contributed by atoms with Crippen LogP contribution in [0.25, 0.3) is 11.0 Å². The van der Waals surface area contributed by atoms with Crippen LogP contribution in [0.3, 0.4) is 0 Å². The third kappa shape index (κ3) is 4.45. The summed E-state index contributed by atoms with van der Waals surface area (Å²) in [6, 6.07) is 16.5. The molecule has 0 amide bonds. The maximum atomic E-state index is 12.0. The minimum atomic E-state index is -0.327. The third-order valence-corrected chi connectivity index (χ3v) is 5.34. The van der Waals surface area contributed by atoms with Crippen LogP contribution >= 0.6 is 0 Å². The number of ether oxygens (including phenoxy) is 1. The van der Waals surface area contributed by atoms with Crippen molar-refractivity contribution in [3.05, 3.63) is 75.6 Å². The molecule has 0 fully saturated rings. The molecule has 0 aliphatic heterocycles. The topological polar surface area (TPSA) is 56.0 Å². The smallest absolute Gasteiger partial charge is 0.336 e. The van der Waals surface area contributed by atoms with Gasteiger partial charge in [0.2, 0.25) is 0 Å². The second-order valence-corrected chi connectivity index (χ2v) is 7.98. The Hall–Kier alpha value is -2.59. The first kappa shape index (κ1) is 20.2. The Labute approximate surface area is 166 Å². The van der Waals surface area contributed by atoms with Gasteiger partial charge in [0.05, 0.1) is 7.11 Å². The molecule has 0 aliphatic carbocycles. The molecule has 0 unspecified atom stereocenters. The highest BCUT2D eigenvalue weighted by molar-refractivity contribution is 5.81. The molecule has 28 heavy (non-hydrogen) atoms. The van der Waals surface area contributed by atoms with Gasteiger partial charge in [-0.25, -0.2) is 4.79 Å². The zero-order valence-corrected chi connectivity index (χ0v) is 17.4. The van der Waals surface area contributed by atoms with Crippen molar-refractivity contribution >= 4 is 11.0 Å². The summed E-state index contributed by atoms with van der Waals surface area (Å²) in [4.78, 5) is 12.0. The average Bonchev–Trinajstić information content (AvgIpc) is 2.67. The van der Waals surface area contributed by atoms with Crippen LogP contribution in [0.2, 0.25) is 0 Å². The van der Waals surface area contributed by atoms with Crippen molar-refractivity contribution < 1.29 is 14.5 Å². The van der Waals surface area contributed by atoms with E-state index in [1.165, 1.54) is 11.1 Å². The fourth-order valence-corrected chi connectivity index (χ4v) is 3.66. The average molecular weight is 381 g/mol. The van der Waals surface area contributed by atoms with Gasteiger partial charge in [0.1, 0.15) is 23.9 Å². The Morgan fingerprint density at radius 2 is 1.64 bits per heavy atom. The molecule has 2 N–H and O–H groups in total. The number of fused-ring (bicyclic) bond motifs is 1. The van der Waals surface area contributed by atoms with Crippen LogP contribution in [-0.4, -0.2) is 7.11 Å². The van der Waals surface area contributed by atoms with E-state index < -0.39 is 0 Å². The van der Waals surface area contributed by atoms with Gasteiger partial charge < -0.3 is 14.5 Å². The first-order valence-electron chi connectivity index (χ1n) is 9.93. The highest BCUT2D eigenvalue weighted by Gasteiger charge is 2.20. The Morgan fingerprint density at radius 1 is 0.964 bits per heavy atom. The van der Waals surface area contributed by atoms with Gasteiger partial charge in [-0.1, -0.05) is 52.0 Å². The normalized spacial score (nSPS) is 12.7. The molecule has 0 radical (unpaired) electrons. The van der Waals surface area contributed by atoms with E-state index in [1.807, 2.05) is 12.1 Å². The zero-order chi connectivity index (χ0) is 20.3. The molecule has 4 nitrogen and oxygen atoms in total. The molecule has 148 valence electrons. The maximum Gasteiger partial charge on any atom is 0.336 e. The van der Waals surface area contributed by atoms with E-state index in [9.17, 15) is 4.79 Å². The van der Waals surface area contributed by atoms with Gasteiger partial charge in [0.15, 0.2) is 0 Å². The first-order chi connectivity index (χ1) is 13.4. The monoisotopic (exact) mass is 380 g/mol. The molecular formula is C24H30NO3+. The quantitative estimate of drug-likeness (QED) is 0.619. The molecule has 0 aliphatic rings. The van der Waals surface area contributed by atoms with Crippen LogP contribution in [0.15, 0.2) is 57.7 Å². The Balaban J connectivity index is 1.87. The molecule has 1 heterocycles. The minimum Gasteiger partial charge on any atom is -0.497 e. The fraction of sp³-hybridized carbons (Fsp3) is 0.375. The Morgan fingerprint density at radius 3 is 2.25 bits per heavy atom. The summed E-state index contributed by atoms with van der Waals surface area (Å²) in [6.45, 7) is 9.60. The third-order valence-electron chi connectivity index (χ3n) is 5.34. The summed E-state index contributed by atoms with van der Waals surface area (Å²) in [5.74, 6) is 1.68. The highest BCUT2D eigenvalue weighted by atomic mass is 16.5. The number of quaternary nitrogens is 1. The van der Waals surface area contributed by atoms with Crippen molar-refractivity contribution in [2.45, 2.75) is 46.2 Å². The maximum absolute atomic E-state index is 12.0. The molecule has 1 atom stereocenters. The van der Waals surface area contributed by atoms with Crippen molar-refractivity contribution in [1.29, 1.82) is 0 Å². The fourth-order valence-electron chi connectivity index (χ4n) is 3.66.